The number of hydrogen-bond donors (Lipinski definition) is 4. The molecule has 0 aromatic heterocycles. The smallest absolute Gasteiger partial charge is 0.411 e. The van der Waals surface area contributed by atoms with Gasteiger partial charge in [0.25, 0.3) is 11.8 Å². The first-order chi connectivity index (χ1) is 15.2. The van der Waals surface area contributed by atoms with Gasteiger partial charge in [-0.25, -0.2) is 4.79 Å². The largest absolute Gasteiger partial charge is 0.453 e. The highest BCUT2D eigenvalue weighted by molar-refractivity contribution is 6.38. The molecule has 2 fully saturated rings. The summed E-state index contributed by atoms with van der Waals surface area (Å²) in [5.74, 6) is -3.13. The van der Waals surface area contributed by atoms with Crippen molar-refractivity contribution in [2.75, 3.05) is 12.4 Å². The van der Waals surface area contributed by atoms with Gasteiger partial charge in [0.1, 0.15) is 0 Å². The number of methoxy groups -OCH3 is 1. The highest BCUT2D eigenvalue weighted by atomic mass is 35.5. The number of nitrogens with one attached hydrogen (secondary N) is 4. The summed E-state index contributed by atoms with van der Waals surface area (Å²) in [6.07, 6.45) is 1.25. The average Bonchev–Trinajstić information content (AvgIpc) is 3.50. The first-order valence-electron chi connectivity index (χ1n) is 10.3. The van der Waals surface area contributed by atoms with E-state index in [1.165, 1.54) is 25.3 Å². The molecule has 3 atom stereocenters. The molecule has 32 heavy (non-hydrogen) atoms. The van der Waals surface area contributed by atoms with Gasteiger partial charge in [0.2, 0.25) is 11.7 Å². The van der Waals surface area contributed by atoms with Crippen molar-refractivity contribution in [1.29, 1.82) is 0 Å². The van der Waals surface area contributed by atoms with Gasteiger partial charge < -0.3 is 20.7 Å². The van der Waals surface area contributed by atoms with Crippen molar-refractivity contribution >= 4 is 46.9 Å². The fourth-order valence-corrected chi connectivity index (χ4v) is 3.70. The van der Waals surface area contributed by atoms with Crippen molar-refractivity contribution in [2.45, 2.75) is 50.7 Å². The molecule has 4 N–H and O–H groups in total. The second kappa shape index (κ2) is 9.99. The van der Waals surface area contributed by atoms with Gasteiger partial charge in [0.15, 0.2) is 0 Å². The van der Waals surface area contributed by atoms with Gasteiger partial charge in [-0.15, -0.1) is 0 Å². The summed E-state index contributed by atoms with van der Waals surface area (Å²) in [4.78, 5) is 62.1. The molecule has 11 heteroatoms. The Morgan fingerprint density at radius 3 is 2.56 bits per heavy atom. The molecule has 3 rings (SSSR count). The van der Waals surface area contributed by atoms with Crippen molar-refractivity contribution in [3.63, 3.8) is 0 Å². The lowest BCUT2D eigenvalue weighted by atomic mass is 9.93. The van der Waals surface area contributed by atoms with Crippen LogP contribution in [0.1, 0.15) is 43.0 Å². The molecule has 172 valence electrons. The third kappa shape index (κ3) is 5.97. The second-order valence-corrected chi connectivity index (χ2v) is 8.46. The van der Waals surface area contributed by atoms with Gasteiger partial charge in [-0.05, 0) is 50.8 Å². The number of Topliss-reactive ketones (excluding diaryl/α,β-unsaturated/α-hetero) is 1. The van der Waals surface area contributed by atoms with Crippen LogP contribution in [0.3, 0.4) is 0 Å². The van der Waals surface area contributed by atoms with Crippen molar-refractivity contribution in [1.82, 2.24) is 16.0 Å². The van der Waals surface area contributed by atoms with E-state index in [0.29, 0.717) is 6.42 Å². The molecule has 4 amide bonds. The lowest BCUT2D eigenvalue weighted by molar-refractivity contribution is -0.139. The van der Waals surface area contributed by atoms with E-state index in [9.17, 15) is 24.0 Å². The molecule has 0 bridgehead atoms. The molecule has 10 nitrogen and oxygen atoms in total. The fourth-order valence-electron chi connectivity index (χ4n) is 3.53. The van der Waals surface area contributed by atoms with E-state index in [4.69, 9.17) is 11.6 Å². The van der Waals surface area contributed by atoms with E-state index in [0.717, 1.165) is 12.8 Å². The zero-order valence-corrected chi connectivity index (χ0v) is 18.5. The van der Waals surface area contributed by atoms with Crippen LogP contribution in [0.25, 0.3) is 0 Å². The van der Waals surface area contributed by atoms with Crippen LogP contribution in [0.4, 0.5) is 10.5 Å². The Morgan fingerprint density at radius 1 is 1.25 bits per heavy atom. The Labute approximate surface area is 189 Å². The van der Waals surface area contributed by atoms with Crippen LogP contribution in [-0.2, 0) is 19.1 Å². The summed E-state index contributed by atoms with van der Waals surface area (Å²) in [5.41, 5.74) is 0.0900. The monoisotopic (exact) mass is 464 g/mol. The number of carbonyl (C=O) groups excluding carboxylic acids is 5. The van der Waals surface area contributed by atoms with Crippen LogP contribution < -0.4 is 21.3 Å². The summed E-state index contributed by atoms with van der Waals surface area (Å²) in [6.45, 7) is 1.84. The number of anilines is 1. The molecule has 0 spiro atoms. The lowest BCUT2D eigenvalue weighted by Gasteiger charge is -2.20. The number of ketones is 1. The van der Waals surface area contributed by atoms with Crippen LogP contribution in [0, 0.1) is 5.92 Å². The van der Waals surface area contributed by atoms with Gasteiger partial charge in [-0.3, -0.25) is 24.5 Å². The molecule has 1 aliphatic carbocycles. The average molecular weight is 465 g/mol. The first-order valence-corrected chi connectivity index (χ1v) is 10.7. The van der Waals surface area contributed by atoms with Crippen LogP contribution in [0.15, 0.2) is 18.2 Å². The predicted molar refractivity (Wildman–Crippen MR) is 115 cm³/mol. The zero-order chi connectivity index (χ0) is 23.4. The molecule has 1 aliphatic heterocycles. The van der Waals surface area contributed by atoms with E-state index in [1.807, 2.05) is 6.92 Å². The highest BCUT2D eigenvalue weighted by Crippen LogP contribution is 2.24. The van der Waals surface area contributed by atoms with Gasteiger partial charge in [-0.2, -0.15) is 0 Å². The fraction of sp³-hybridized carbons (Fsp3) is 0.476. The summed E-state index contributed by atoms with van der Waals surface area (Å²) in [5, 5.41) is 10.6. The van der Waals surface area contributed by atoms with E-state index >= 15 is 0 Å². The van der Waals surface area contributed by atoms with E-state index < -0.39 is 35.7 Å². The highest BCUT2D eigenvalue weighted by Gasteiger charge is 2.37. The Kier molecular flexibility index (Phi) is 7.34. The molecular formula is C21H25ClN4O6. The summed E-state index contributed by atoms with van der Waals surface area (Å²) < 4.78 is 4.56. The minimum Gasteiger partial charge on any atom is -0.453 e. The van der Waals surface area contributed by atoms with Crippen LogP contribution in [-0.4, -0.2) is 54.8 Å². The van der Waals surface area contributed by atoms with Crippen LogP contribution in [0.2, 0.25) is 5.02 Å². The third-order valence-corrected chi connectivity index (χ3v) is 5.56. The molecular weight excluding hydrogens is 440 g/mol. The molecule has 0 radical (unpaired) electrons. The predicted octanol–water partition coefficient (Wildman–Crippen LogP) is 1.38. The number of benzene rings is 1. The quantitative estimate of drug-likeness (QED) is 0.428. The number of halogens is 1. The Hall–Kier alpha value is -3.14. The molecule has 1 aromatic carbocycles. The normalized spacial score (nSPS) is 20.7. The van der Waals surface area contributed by atoms with Gasteiger partial charge in [-0.1, -0.05) is 11.6 Å². The lowest BCUT2D eigenvalue weighted by Crippen LogP contribution is -2.49. The number of amides is 4. The summed E-state index contributed by atoms with van der Waals surface area (Å²) >= 11 is 6.01. The van der Waals surface area contributed by atoms with Gasteiger partial charge >= 0.3 is 6.09 Å². The number of ether oxygens (including phenoxy) is 1. The standard InChI is InChI=1S/C21H25ClN4O6/c1-10-7-11(18(28)23-10)8-16(17(27)20(30)24-13-4-5-13)25-19(29)14-9-12(22)3-6-15(14)26-21(31)32-2/h3,6,9-11,13,16H,4-5,7-8H2,1-2H3,(H,23,28)(H,24,30)(H,25,29)(H,26,31)/t10-,11+,16+/m1/s1. The van der Waals surface area contributed by atoms with Crippen molar-refractivity contribution in [2.24, 2.45) is 5.92 Å². The topological polar surface area (TPSA) is 143 Å². The molecule has 1 saturated carbocycles. The van der Waals surface area contributed by atoms with Crippen molar-refractivity contribution < 1.29 is 28.7 Å². The minimum atomic E-state index is -1.23. The van der Waals surface area contributed by atoms with Crippen LogP contribution in [0.5, 0.6) is 0 Å². The Balaban J connectivity index is 1.81. The van der Waals surface area contributed by atoms with Crippen molar-refractivity contribution in [3.8, 4) is 0 Å². The van der Waals surface area contributed by atoms with Gasteiger partial charge in [0.05, 0.1) is 24.4 Å². The Bertz CT molecular complexity index is 948. The van der Waals surface area contributed by atoms with Crippen molar-refractivity contribution in [3.05, 3.63) is 28.8 Å². The van der Waals surface area contributed by atoms with Crippen LogP contribution >= 0.6 is 11.6 Å². The van der Waals surface area contributed by atoms with Gasteiger partial charge in [0, 0.05) is 23.0 Å². The maximum Gasteiger partial charge on any atom is 0.411 e. The maximum atomic E-state index is 13.0. The van der Waals surface area contributed by atoms with E-state index in [2.05, 4.69) is 26.0 Å². The second-order valence-electron chi connectivity index (χ2n) is 8.02. The molecule has 1 saturated heterocycles. The third-order valence-electron chi connectivity index (χ3n) is 5.32. The number of rotatable bonds is 8. The summed E-state index contributed by atoms with van der Waals surface area (Å²) in [6, 6.07) is 2.87. The number of hydrogen-bond acceptors (Lipinski definition) is 6. The molecule has 1 heterocycles. The Morgan fingerprint density at radius 2 is 1.97 bits per heavy atom. The maximum absolute atomic E-state index is 13.0. The van der Waals surface area contributed by atoms with E-state index in [1.54, 1.807) is 0 Å². The minimum absolute atomic E-state index is 0.0208. The molecule has 0 unspecified atom stereocenters. The first kappa shape index (κ1) is 23.5. The molecule has 1 aromatic rings. The summed E-state index contributed by atoms with van der Waals surface area (Å²) in [7, 11) is 1.17. The number of carbonyl (C=O) groups is 5. The van der Waals surface area contributed by atoms with E-state index in [-0.39, 0.29) is 40.7 Å². The molecule has 2 aliphatic rings. The zero-order valence-electron chi connectivity index (χ0n) is 17.7. The SMILES string of the molecule is COC(=O)Nc1ccc(Cl)cc1C(=O)N[C@@H](C[C@@H]1C[C@@H](C)NC1=O)C(=O)C(=O)NC1CC1.